The predicted molar refractivity (Wildman–Crippen MR) is 67.2 cm³/mol. The first kappa shape index (κ1) is 14.7. The first-order chi connectivity index (χ1) is 8.39. The summed E-state index contributed by atoms with van der Waals surface area (Å²) in [5.41, 5.74) is 0.696. The molecule has 0 bridgehead atoms. The van der Waals surface area contributed by atoms with Crippen molar-refractivity contribution in [3.8, 4) is 0 Å². The van der Waals surface area contributed by atoms with E-state index >= 15 is 0 Å². The minimum atomic E-state index is -0.879. The van der Waals surface area contributed by atoms with Crippen molar-refractivity contribution >= 4 is 11.9 Å². The van der Waals surface area contributed by atoms with Gasteiger partial charge < -0.3 is 15.2 Å². The minimum absolute atomic E-state index is 0.162. The van der Waals surface area contributed by atoms with Gasteiger partial charge in [-0.15, -0.1) is 0 Å². The van der Waals surface area contributed by atoms with Gasteiger partial charge in [-0.3, -0.25) is 9.59 Å². The van der Waals surface area contributed by atoms with E-state index in [2.05, 4.69) is 5.32 Å². The number of rotatable bonds is 4. The number of carboxylic acid groups (broad SMARTS) is 1. The number of nitrogens with one attached hydrogen (secondary N) is 1. The van der Waals surface area contributed by atoms with Crippen LogP contribution in [0.3, 0.4) is 0 Å². The Morgan fingerprint density at radius 3 is 2.22 bits per heavy atom. The molecule has 1 rings (SSSR count). The molecule has 0 spiro atoms. The molecule has 0 radical (unpaired) electrons. The zero-order valence-corrected chi connectivity index (χ0v) is 11.2. The summed E-state index contributed by atoms with van der Waals surface area (Å²) in [6.07, 6.45) is 0.882. The van der Waals surface area contributed by atoms with Gasteiger partial charge in [-0.1, -0.05) is 5.57 Å². The van der Waals surface area contributed by atoms with Crippen molar-refractivity contribution < 1.29 is 19.4 Å². The van der Waals surface area contributed by atoms with Crippen LogP contribution in [0, 0.1) is 5.41 Å². The Hall–Kier alpha value is -1.36. The molecular formula is C13H21NO4. The smallest absolute Gasteiger partial charge is 0.311 e. The van der Waals surface area contributed by atoms with E-state index in [9.17, 15) is 14.7 Å². The van der Waals surface area contributed by atoms with Crippen LogP contribution in [0.4, 0.5) is 0 Å². The third-order valence-electron chi connectivity index (χ3n) is 3.58. The molecule has 0 saturated carbocycles. The fourth-order valence-electron chi connectivity index (χ4n) is 1.84. The predicted octanol–water partition coefficient (Wildman–Crippen LogP) is 1.34. The lowest BCUT2D eigenvalue weighted by Gasteiger charge is -2.33. The van der Waals surface area contributed by atoms with Crippen molar-refractivity contribution in [2.24, 2.45) is 5.41 Å². The molecule has 102 valence electrons. The van der Waals surface area contributed by atoms with Gasteiger partial charge in [0.05, 0.1) is 5.41 Å². The molecule has 1 aliphatic heterocycles. The topological polar surface area (TPSA) is 75.6 Å². The Morgan fingerprint density at radius 1 is 1.22 bits per heavy atom. The number of allylic oxidation sites excluding steroid dienone is 1. The SMILES string of the molecule is CC(C)=C(C)C(=O)NCC1(C(=O)O)CCOCC1. The van der Waals surface area contributed by atoms with Gasteiger partial charge in [0.2, 0.25) is 5.91 Å². The molecule has 2 N–H and O–H groups in total. The number of carbonyl (C=O) groups excluding carboxylic acids is 1. The molecule has 0 unspecified atom stereocenters. The van der Waals surface area contributed by atoms with Crippen molar-refractivity contribution in [1.29, 1.82) is 0 Å². The summed E-state index contributed by atoms with van der Waals surface area (Å²) in [6, 6.07) is 0. The van der Waals surface area contributed by atoms with E-state index in [-0.39, 0.29) is 12.5 Å². The normalized spacial score (nSPS) is 17.9. The lowest BCUT2D eigenvalue weighted by atomic mass is 9.80. The highest BCUT2D eigenvalue weighted by Gasteiger charge is 2.40. The molecule has 1 aliphatic rings. The van der Waals surface area contributed by atoms with Crippen LogP contribution in [-0.2, 0) is 14.3 Å². The number of amides is 1. The second-order valence-corrected chi connectivity index (χ2v) is 5.01. The molecule has 1 amide bonds. The molecule has 5 heteroatoms. The lowest BCUT2D eigenvalue weighted by molar-refractivity contribution is -0.154. The summed E-state index contributed by atoms with van der Waals surface area (Å²) in [7, 11) is 0. The third kappa shape index (κ3) is 3.32. The van der Waals surface area contributed by atoms with Crippen molar-refractivity contribution in [2.75, 3.05) is 19.8 Å². The highest BCUT2D eigenvalue weighted by molar-refractivity contribution is 5.93. The minimum Gasteiger partial charge on any atom is -0.481 e. The van der Waals surface area contributed by atoms with E-state index in [0.717, 1.165) is 5.57 Å². The van der Waals surface area contributed by atoms with Gasteiger partial charge in [-0.2, -0.15) is 0 Å². The largest absolute Gasteiger partial charge is 0.481 e. The van der Waals surface area contributed by atoms with Crippen molar-refractivity contribution in [3.05, 3.63) is 11.1 Å². The van der Waals surface area contributed by atoms with E-state index in [0.29, 0.717) is 31.6 Å². The van der Waals surface area contributed by atoms with Crippen molar-refractivity contribution in [3.63, 3.8) is 0 Å². The zero-order valence-electron chi connectivity index (χ0n) is 11.2. The summed E-state index contributed by atoms with van der Waals surface area (Å²) >= 11 is 0. The number of carbonyl (C=O) groups is 2. The molecule has 5 nitrogen and oxygen atoms in total. The molecular weight excluding hydrogens is 234 g/mol. The summed E-state index contributed by atoms with van der Waals surface area (Å²) in [6.45, 7) is 6.48. The van der Waals surface area contributed by atoms with Crippen LogP contribution in [-0.4, -0.2) is 36.7 Å². The van der Waals surface area contributed by atoms with E-state index in [1.54, 1.807) is 6.92 Å². The van der Waals surface area contributed by atoms with Crippen LogP contribution in [0.15, 0.2) is 11.1 Å². The standard InChI is InChI=1S/C13H21NO4/c1-9(2)10(3)11(15)14-8-13(12(16)17)4-6-18-7-5-13/h4-8H2,1-3H3,(H,14,15)(H,16,17). The number of aliphatic carboxylic acids is 1. The summed E-state index contributed by atoms with van der Waals surface area (Å²) in [5, 5.41) is 12.1. The van der Waals surface area contributed by atoms with Gasteiger partial charge in [0.15, 0.2) is 0 Å². The molecule has 1 heterocycles. The maximum atomic E-state index is 11.8. The lowest BCUT2D eigenvalue weighted by Crippen LogP contribution is -2.46. The van der Waals surface area contributed by atoms with E-state index < -0.39 is 11.4 Å². The number of hydrogen-bond acceptors (Lipinski definition) is 3. The quantitative estimate of drug-likeness (QED) is 0.743. The summed E-state index contributed by atoms with van der Waals surface area (Å²) in [5.74, 6) is -1.05. The molecule has 0 atom stereocenters. The van der Waals surface area contributed by atoms with Crippen LogP contribution >= 0.6 is 0 Å². The average molecular weight is 255 g/mol. The Balaban J connectivity index is 2.67. The monoisotopic (exact) mass is 255 g/mol. The number of ether oxygens (including phenoxy) is 1. The first-order valence-corrected chi connectivity index (χ1v) is 6.12. The summed E-state index contributed by atoms with van der Waals surface area (Å²) in [4.78, 5) is 23.2. The highest BCUT2D eigenvalue weighted by Crippen LogP contribution is 2.30. The second-order valence-electron chi connectivity index (χ2n) is 5.01. The third-order valence-corrected chi connectivity index (χ3v) is 3.58. The molecule has 0 aromatic rings. The Kier molecular flexibility index (Phi) is 4.90. The maximum Gasteiger partial charge on any atom is 0.311 e. The Morgan fingerprint density at radius 2 is 1.78 bits per heavy atom. The molecule has 1 saturated heterocycles. The Bertz CT molecular complexity index is 363. The first-order valence-electron chi connectivity index (χ1n) is 6.12. The van der Waals surface area contributed by atoms with Gasteiger partial charge in [0, 0.05) is 25.3 Å². The van der Waals surface area contributed by atoms with Crippen molar-refractivity contribution in [2.45, 2.75) is 33.6 Å². The van der Waals surface area contributed by atoms with Crippen LogP contribution in [0.2, 0.25) is 0 Å². The number of hydrogen-bond donors (Lipinski definition) is 2. The van der Waals surface area contributed by atoms with Crippen LogP contribution in [0.25, 0.3) is 0 Å². The average Bonchev–Trinajstić information content (AvgIpc) is 2.35. The van der Waals surface area contributed by atoms with Crippen molar-refractivity contribution in [1.82, 2.24) is 5.32 Å². The maximum absolute atomic E-state index is 11.8. The van der Waals surface area contributed by atoms with E-state index in [1.807, 2.05) is 13.8 Å². The number of carboxylic acids is 1. The summed E-state index contributed by atoms with van der Waals surface area (Å²) < 4.78 is 5.18. The second kappa shape index (κ2) is 6.00. The van der Waals surface area contributed by atoms with Gasteiger partial charge in [-0.25, -0.2) is 0 Å². The molecule has 0 aliphatic carbocycles. The van der Waals surface area contributed by atoms with E-state index in [4.69, 9.17) is 4.74 Å². The fraction of sp³-hybridized carbons (Fsp3) is 0.692. The van der Waals surface area contributed by atoms with Gasteiger partial charge in [-0.05, 0) is 33.6 Å². The zero-order chi connectivity index (χ0) is 13.8. The van der Waals surface area contributed by atoms with Crippen LogP contribution in [0.5, 0.6) is 0 Å². The molecule has 18 heavy (non-hydrogen) atoms. The molecule has 0 aromatic carbocycles. The van der Waals surface area contributed by atoms with Crippen LogP contribution < -0.4 is 5.32 Å². The van der Waals surface area contributed by atoms with Gasteiger partial charge in [0.1, 0.15) is 0 Å². The highest BCUT2D eigenvalue weighted by atomic mass is 16.5. The van der Waals surface area contributed by atoms with E-state index in [1.165, 1.54) is 0 Å². The van der Waals surface area contributed by atoms with Gasteiger partial charge >= 0.3 is 5.97 Å². The van der Waals surface area contributed by atoms with Gasteiger partial charge in [0.25, 0.3) is 0 Å². The molecule has 0 aromatic heterocycles. The Labute approximate surface area is 107 Å². The molecule has 1 fully saturated rings. The fourth-order valence-corrected chi connectivity index (χ4v) is 1.84. The van der Waals surface area contributed by atoms with Crippen LogP contribution in [0.1, 0.15) is 33.6 Å².